The van der Waals surface area contributed by atoms with Crippen LogP contribution in [0.4, 0.5) is 5.69 Å². The van der Waals surface area contributed by atoms with Crippen molar-refractivity contribution in [3.63, 3.8) is 0 Å². The highest BCUT2D eigenvalue weighted by Crippen LogP contribution is 2.32. The first kappa shape index (κ1) is 29.3. The molecule has 0 N–H and O–H groups in total. The molecular weight excluding hydrogens is 507 g/mol. The van der Waals surface area contributed by atoms with Gasteiger partial charge in [0.05, 0.1) is 10.0 Å². The van der Waals surface area contributed by atoms with Crippen LogP contribution in [0, 0.1) is 5.41 Å². The Balaban J connectivity index is 2.53. The second-order valence-corrected chi connectivity index (χ2v) is 12.3. The lowest BCUT2D eigenvalue weighted by atomic mass is 9.91. The number of carbonyl (C=O) groups excluding carboxylic acids is 1. The molecule has 0 saturated heterocycles. The molecule has 0 saturated carbocycles. The molecule has 0 radical (unpaired) electrons. The monoisotopic (exact) mass is 542 g/mol. The van der Waals surface area contributed by atoms with E-state index in [1.165, 1.54) is 18.2 Å². The van der Waals surface area contributed by atoms with Crippen molar-refractivity contribution in [1.82, 2.24) is 4.90 Å². The van der Waals surface area contributed by atoms with E-state index in [1.54, 1.807) is 11.0 Å². The molecule has 0 unspecified atom stereocenters. The van der Waals surface area contributed by atoms with Gasteiger partial charge in [0.1, 0.15) is 10.6 Å². The van der Waals surface area contributed by atoms with Crippen LogP contribution in [0.15, 0.2) is 41.3 Å². The number of hydrogen-bond donors (Lipinski definition) is 0. The maximum atomic E-state index is 13.2. The van der Waals surface area contributed by atoms with Crippen molar-refractivity contribution in [3.8, 4) is 5.75 Å². The van der Waals surface area contributed by atoms with E-state index in [1.807, 2.05) is 60.6 Å². The summed E-state index contributed by atoms with van der Waals surface area (Å²) in [5, 5.41) is 0.368. The molecule has 0 spiro atoms. The zero-order valence-electron chi connectivity index (χ0n) is 21.6. The number of halogens is 2. The first-order valence-corrected chi connectivity index (χ1v) is 13.9. The molecule has 2 aromatic carbocycles. The first-order chi connectivity index (χ1) is 16.2. The van der Waals surface area contributed by atoms with Crippen LogP contribution in [0.3, 0.4) is 0 Å². The van der Waals surface area contributed by atoms with E-state index in [9.17, 15) is 13.2 Å². The summed E-state index contributed by atoms with van der Waals surface area (Å²) in [6.45, 7) is 15.7. The van der Waals surface area contributed by atoms with Gasteiger partial charge in [0.2, 0.25) is 5.91 Å². The van der Waals surface area contributed by atoms with Gasteiger partial charge in [-0.1, -0.05) is 50.0 Å². The second-order valence-electron chi connectivity index (χ2n) is 9.93. The Kier molecular flexibility index (Phi) is 9.91. The Morgan fingerprint density at radius 3 is 2.14 bits per heavy atom. The minimum absolute atomic E-state index is 0.00129. The zero-order chi connectivity index (χ0) is 26.6. The van der Waals surface area contributed by atoms with Crippen LogP contribution in [0.2, 0.25) is 10.0 Å². The third-order valence-electron chi connectivity index (χ3n) is 5.52. The highest BCUT2D eigenvalue weighted by molar-refractivity contribution is 7.87. The summed E-state index contributed by atoms with van der Waals surface area (Å²) in [7, 11) is -4.20. The van der Waals surface area contributed by atoms with E-state index in [-0.39, 0.29) is 44.6 Å². The molecular formula is C26H36Cl2N2O4S. The van der Waals surface area contributed by atoms with Gasteiger partial charge >= 0.3 is 10.1 Å². The van der Waals surface area contributed by atoms with Crippen molar-refractivity contribution in [1.29, 1.82) is 0 Å². The molecule has 0 heterocycles. The zero-order valence-corrected chi connectivity index (χ0v) is 23.9. The summed E-state index contributed by atoms with van der Waals surface area (Å²) < 4.78 is 32.0. The number of nitrogens with zero attached hydrogens (tertiary/aromatic N) is 2. The standard InChI is InChI=1S/C26H36Cl2N2O4S/c1-8-29(9-2)20-11-10-19(17-30(18(3)4)25(31)16-26(5,6)7)24(14-20)34-35(32,33)21-12-13-22(27)23(28)15-21/h10-15,18H,8-9,16-17H2,1-7H3. The predicted octanol–water partition coefficient (Wildman–Crippen LogP) is 6.78. The van der Waals surface area contributed by atoms with Crippen LogP contribution in [-0.4, -0.2) is 38.4 Å². The Hall–Kier alpha value is -1.96. The Bertz CT molecular complexity index is 1140. The molecule has 0 atom stereocenters. The molecule has 194 valence electrons. The smallest absolute Gasteiger partial charge is 0.339 e. The minimum Gasteiger partial charge on any atom is -0.379 e. The van der Waals surface area contributed by atoms with Gasteiger partial charge in [-0.15, -0.1) is 0 Å². The van der Waals surface area contributed by atoms with Crippen molar-refractivity contribution in [2.45, 2.75) is 72.4 Å². The summed E-state index contributed by atoms with van der Waals surface area (Å²) in [4.78, 5) is 16.8. The molecule has 0 aliphatic rings. The first-order valence-electron chi connectivity index (χ1n) is 11.8. The Morgan fingerprint density at radius 2 is 1.63 bits per heavy atom. The third-order valence-corrected chi connectivity index (χ3v) is 7.49. The van der Waals surface area contributed by atoms with Crippen molar-refractivity contribution < 1.29 is 17.4 Å². The van der Waals surface area contributed by atoms with E-state index >= 15 is 0 Å². The molecule has 0 aliphatic carbocycles. The lowest BCUT2D eigenvalue weighted by Crippen LogP contribution is -2.38. The fraction of sp³-hybridized carbons (Fsp3) is 0.500. The molecule has 0 aliphatic heterocycles. The SMILES string of the molecule is CCN(CC)c1ccc(CN(C(=O)CC(C)(C)C)C(C)C)c(OS(=O)(=O)c2ccc(Cl)c(Cl)c2)c1. The van der Waals surface area contributed by atoms with Crippen LogP contribution in [0.1, 0.15) is 60.5 Å². The van der Waals surface area contributed by atoms with Crippen molar-refractivity contribution in [3.05, 3.63) is 52.0 Å². The molecule has 6 nitrogen and oxygen atoms in total. The number of carbonyl (C=O) groups is 1. The fourth-order valence-electron chi connectivity index (χ4n) is 3.63. The summed E-state index contributed by atoms with van der Waals surface area (Å²) >= 11 is 12.0. The molecule has 9 heteroatoms. The van der Waals surface area contributed by atoms with Gasteiger partial charge in [-0.25, -0.2) is 0 Å². The summed E-state index contributed by atoms with van der Waals surface area (Å²) in [6.07, 6.45) is 0.375. The van der Waals surface area contributed by atoms with Crippen LogP contribution in [0.5, 0.6) is 5.75 Å². The predicted molar refractivity (Wildman–Crippen MR) is 144 cm³/mol. The van der Waals surface area contributed by atoms with Gasteiger partial charge in [0.15, 0.2) is 0 Å². The topological polar surface area (TPSA) is 66.9 Å². The van der Waals surface area contributed by atoms with E-state index in [0.29, 0.717) is 12.0 Å². The molecule has 0 bridgehead atoms. The normalized spacial score (nSPS) is 12.1. The largest absolute Gasteiger partial charge is 0.379 e. The van der Waals surface area contributed by atoms with Gasteiger partial charge in [0, 0.05) is 49.4 Å². The summed E-state index contributed by atoms with van der Waals surface area (Å²) in [5.41, 5.74) is 1.25. The number of anilines is 1. The Morgan fingerprint density at radius 1 is 1.00 bits per heavy atom. The number of amides is 1. The number of rotatable bonds is 10. The highest BCUT2D eigenvalue weighted by atomic mass is 35.5. The van der Waals surface area contributed by atoms with Gasteiger partial charge in [-0.3, -0.25) is 4.79 Å². The van der Waals surface area contributed by atoms with Crippen LogP contribution in [0.25, 0.3) is 0 Å². The summed E-state index contributed by atoms with van der Waals surface area (Å²) in [5.74, 6) is 0.174. The minimum atomic E-state index is -4.20. The number of hydrogen-bond acceptors (Lipinski definition) is 5. The molecule has 2 rings (SSSR count). The van der Waals surface area contributed by atoms with Crippen molar-refractivity contribution in [2.24, 2.45) is 5.41 Å². The van der Waals surface area contributed by atoms with E-state index in [4.69, 9.17) is 27.4 Å². The van der Waals surface area contributed by atoms with E-state index in [2.05, 4.69) is 4.90 Å². The quantitative estimate of drug-likeness (QED) is 0.309. The van der Waals surface area contributed by atoms with Gasteiger partial charge in [-0.05, 0) is 57.4 Å². The molecule has 2 aromatic rings. The molecule has 0 aromatic heterocycles. The summed E-state index contributed by atoms with van der Waals surface area (Å²) in [6, 6.07) is 9.42. The van der Waals surface area contributed by atoms with Crippen LogP contribution in [-0.2, 0) is 21.5 Å². The lowest BCUT2D eigenvalue weighted by Gasteiger charge is -2.31. The molecule has 35 heavy (non-hydrogen) atoms. The fourth-order valence-corrected chi connectivity index (χ4v) is 4.98. The third kappa shape index (κ3) is 8.02. The Labute approximate surface area is 220 Å². The molecule has 1 amide bonds. The van der Waals surface area contributed by atoms with Gasteiger partial charge in [-0.2, -0.15) is 8.42 Å². The van der Waals surface area contributed by atoms with E-state index in [0.717, 1.165) is 18.8 Å². The van der Waals surface area contributed by atoms with E-state index < -0.39 is 10.1 Å². The highest BCUT2D eigenvalue weighted by Gasteiger charge is 2.26. The van der Waals surface area contributed by atoms with Gasteiger partial charge < -0.3 is 14.0 Å². The second kappa shape index (κ2) is 11.8. The number of benzene rings is 2. The maximum Gasteiger partial charge on any atom is 0.339 e. The van der Waals surface area contributed by atoms with Crippen LogP contribution >= 0.6 is 23.2 Å². The van der Waals surface area contributed by atoms with Gasteiger partial charge in [0.25, 0.3) is 0 Å². The maximum absolute atomic E-state index is 13.2. The molecule has 0 fully saturated rings. The average Bonchev–Trinajstić information content (AvgIpc) is 2.74. The van der Waals surface area contributed by atoms with Crippen molar-refractivity contribution in [2.75, 3.05) is 18.0 Å². The lowest BCUT2D eigenvalue weighted by molar-refractivity contribution is -0.135. The van der Waals surface area contributed by atoms with Crippen LogP contribution < -0.4 is 9.08 Å². The average molecular weight is 544 g/mol. The van der Waals surface area contributed by atoms with Crippen molar-refractivity contribution >= 4 is 44.9 Å².